The van der Waals surface area contributed by atoms with Crippen LogP contribution in [0.1, 0.15) is 27.2 Å². The molecular weight excluding hydrogens is 416 g/mol. The maximum absolute atomic E-state index is 11.8. The highest BCUT2D eigenvalue weighted by atomic mass is 28.4. The molecule has 166 valence electrons. The van der Waals surface area contributed by atoms with Crippen LogP contribution in [0.2, 0.25) is 6.04 Å². The Bertz CT molecular complexity index is 1240. The molecule has 0 radical (unpaired) electrons. The summed E-state index contributed by atoms with van der Waals surface area (Å²) in [6.45, 7) is 10.8. The second kappa shape index (κ2) is 9.41. The Labute approximate surface area is 190 Å². The van der Waals surface area contributed by atoms with E-state index in [1.165, 1.54) is 32.3 Å². The fourth-order valence-corrected chi connectivity index (χ4v) is 8.05. The average molecular weight is 447 g/mol. The van der Waals surface area contributed by atoms with E-state index in [0.717, 1.165) is 5.19 Å². The van der Waals surface area contributed by atoms with Gasteiger partial charge >= 0.3 is 14.5 Å². The number of hydrogen-bond acceptors (Lipinski definition) is 4. The third-order valence-electron chi connectivity index (χ3n) is 5.93. The number of rotatable bonds is 10. The lowest BCUT2D eigenvalue weighted by molar-refractivity contribution is -0.138. The molecule has 0 bridgehead atoms. The van der Waals surface area contributed by atoms with Crippen LogP contribution in [0.5, 0.6) is 0 Å². The summed E-state index contributed by atoms with van der Waals surface area (Å²) in [5.74, 6) is -0.354. The van der Waals surface area contributed by atoms with Gasteiger partial charge in [-0.25, -0.2) is 4.79 Å². The average Bonchev–Trinajstić information content (AvgIpc) is 2.80. The first-order chi connectivity index (χ1) is 15.5. The van der Waals surface area contributed by atoms with Crippen molar-refractivity contribution in [2.75, 3.05) is 19.8 Å². The molecule has 0 amide bonds. The van der Waals surface area contributed by atoms with E-state index in [4.69, 9.17) is 13.6 Å². The number of carbonyl (C=O) groups excluding carboxylic acids is 1. The summed E-state index contributed by atoms with van der Waals surface area (Å²) in [4.78, 5) is 11.8. The highest BCUT2D eigenvalue weighted by Crippen LogP contribution is 2.35. The summed E-state index contributed by atoms with van der Waals surface area (Å²) in [5, 5.41) is 8.60. The lowest BCUT2D eigenvalue weighted by atomic mass is 9.94. The minimum absolute atomic E-state index is 0.326. The van der Waals surface area contributed by atoms with E-state index in [9.17, 15) is 4.79 Å². The number of ether oxygens (including phenoxy) is 1. The van der Waals surface area contributed by atoms with Gasteiger partial charge in [0.15, 0.2) is 0 Å². The number of benzene rings is 4. The molecule has 0 saturated heterocycles. The van der Waals surface area contributed by atoms with Gasteiger partial charge in [0.05, 0.1) is 6.61 Å². The second-order valence-corrected chi connectivity index (χ2v) is 11.2. The molecule has 0 N–H and O–H groups in total. The Morgan fingerprint density at radius 2 is 1.47 bits per heavy atom. The third-order valence-corrected chi connectivity index (χ3v) is 9.70. The van der Waals surface area contributed by atoms with Crippen LogP contribution < -0.4 is 5.19 Å². The van der Waals surface area contributed by atoms with Gasteiger partial charge in [-0.15, -0.1) is 0 Å². The van der Waals surface area contributed by atoms with Crippen molar-refractivity contribution < 1.29 is 18.4 Å². The molecule has 0 heterocycles. The smallest absolute Gasteiger partial charge is 0.373 e. The predicted molar refractivity (Wildman–Crippen MR) is 134 cm³/mol. The van der Waals surface area contributed by atoms with E-state index >= 15 is 0 Å². The first kappa shape index (κ1) is 22.5. The Kier molecular flexibility index (Phi) is 6.60. The van der Waals surface area contributed by atoms with Crippen LogP contribution in [0.25, 0.3) is 32.3 Å². The van der Waals surface area contributed by atoms with Gasteiger partial charge < -0.3 is 13.6 Å². The van der Waals surface area contributed by atoms with E-state index < -0.39 is 8.56 Å². The van der Waals surface area contributed by atoms with Gasteiger partial charge in [-0.3, -0.25) is 0 Å². The largest absolute Gasteiger partial charge is 0.462 e. The highest BCUT2D eigenvalue weighted by Gasteiger charge is 2.41. The van der Waals surface area contributed by atoms with Crippen LogP contribution >= 0.6 is 0 Å². The summed E-state index contributed by atoms with van der Waals surface area (Å²) >= 11 is 0. The van der Waals surface area contributed by atoms with E-state index in [1.807, 2.05) is 13.8 Å². The Hall–Kier alpha value is -2.73. The van der Waals surface area contributed by atoms with Crippen LogP contribution in [-0.4, -0.2) is 34.4 Å². The minimum atomic E-state index is -2.78. The van der Waals surface area contributed by atoms with Crippen molar-refractivity contribution >= 4 is 52.0 Å². The van der Waals surface area contributed by atoms with Crippen LogP contribution in [0.4, 0.5) is 0 Å². The normalized spacial score (nSPS) is 12.1. The van der Waals surface area contributed by atoms with Gasteiger partial charge in [-0.1, -0.05) is 61.2 Å². The quantitative estimate of drug-likeness (QED) is 0.101. The molecule has 0 unspecified atom stereocenters. The Balaban J connectivity index is 1.80. The SMILES string of the molecule is C=C(C)C(=O)OCCC[Si](OCC)(OCC)c1ccc2ccc3cccc4ccc1c2c34. The van der Waals surface area contributed by atoms with E-state index in [2.05, 4.69) is 61.2 Å². The zero-order valence-electron chi connectivity index (χ0n) is 19.1. The molecule has 0 aromatic heterocycles. The molecule has 0 spiro atoms. The molecular formula is C27H30O4Si. The Morgan fingerprint density at radius 3 is 2.09 bits per heavy atom. The molecule has 4 aromatic carbocycles. The molecule has 4 aromatic rings. The van der Waals surface area contributed by atoms with Crippen molar-refractivity contribution in [1.29, 1.82) is 0 Å². The first-order valence-corrected chi connectivity index (χ1v) is 13.3. The zero-order valence-corrected chi connectivity index (χ0v) is 20.1. The van der Waals surface area contributed by atoms with Crippen molar-refractivity contribution in [2.24, 2.45) is 0 Å². The third kappa shape index (κ3) is 4.04. The van der Waals surface area contributed by atoms with Crippen LogP contribution in [0, 0.1) is 0 Å². The monoisotopic (exact) mass is 446 g/mol. The van der Waals surface area contributed by atoms with E-state index in [-0.39, 0.29) is 5.97 Å². The molecule has 0 fully saturated rings. The highest BCUT2D eigenvalue weighted by molar-refractivity contribution is 6.83. The standard InChI is InChI=1S/C27H30O4Si/c1-5-30-32(31-6-2,18-8-17-29-27(28)19(3)4)24-16-14-22-12-11-20-9-7-10-21-13-15-23(24)26(22)25(20)21/h7,9-16H,3,5-6,8,17-18H2,1-2,4H3. The van der Waals surface area contributed by atoms with E-state index in [1.54, 1.807) is 6.92 Å². The fraction of sp³-hybridized carbons (Fsp3) is 0.296. The van der Waals surface area contributed by atoms with Gasteiger partial charge in [-0.05, 0) is 65.6 Å². The summed E-state index contributed by atoms with van der Waals surface area (Å²) < 4.78 is 18.3. The van der Waals surface area contributed by atoms with Gasteiger partial charge in [0.25, 0.3) is 0 Å². The maximum atomic E-state index is 11.8. The molecule has 5 heteroatoms. The lowest BCUT2D eigenvalue weighted by Crippen LogP contribution is -2.54. The molecule has 32 heavy (non-hydrogen) atoms. The predicted octanol–water partition coefficient (Wildman–Crippen LogP) is 5.82. The van der Waals surface area contributed by atoms with Crippen molar-refractivity contribution in [2.45, 2.75) is 33.2 Å². The minimum Gasteiger partial charge on any atom is -0.462 e. The number of carbonyl (C=O) groups is 1. The maximum Gasteiger partial charge on any atom is 0.373 e. The number of hydrogen-bond donors (Lipinski definition) is 0. The molecule has 0 atom stereocenters. The van der Waals surface area contributed by atoms with Crippen molar-refractivity contribution in [3.05, 3.63) is 66.7 Å². The molecule has 4 rings (SSSR count). The molecule has 0 saturated carbocycles. The van der Waals surface area contributed by atoms with E-state index in [0.29, 0.717) is 37.9 Å². The fourth-order valence-electron chi connectivity index (χ4n) is 4.60. The number of esters is 1. The van der Waals surface area contributed by atoms with Crippen LogP contribution in [-0.2, 0) is 18.4 Å². The lowest BCUT2D eigenvalue weighted by Gasteiger charge is -2.32. The first-order valence-electron chi connectivity index (χ1n) is 11.3. The van der Waals surface area contributed by atoms with Crippen molar-refractivity contribution in [3.63, 3.8) is 0 Å². The summed E-state index contributed by atoms with van der Waals surface area (Å²) in [6, 6.07) is 20.3. The second-order valence-electron chi connectivity index (χ2n) is 8.11. The van der Waals surface area contributed by atoms with Crippen molar-refractivity contribution in [1.82, 2.24) is 0 Å². The topological polar surface area (TPSA) is 44.8 Å². The molecule has 0 aliphatic heterocycles. The molecule has 0 aliphatic rings. The Morgan fingerprint density at radius 1 is 0.875 bits per heavy atom. The van der Waals surface area contributed by atoms with Crippen molar-refractivity contribution in [3.8, 4) is 0 Å². The molecule has 4 nitrogen and oxygen atoms in total. The van der Waals surface area contributed by atoms with Gasteiger partial charge in [0.1, 0.15) is 0 Å². The van der Waals surface area contributed by atoms with Gasteiger partial charge in [-0.2, -0.15) is 0 Å². The van der Waals surface area contributed by atoms with Gasteiger partial charge in [0, 0.05) is 24.0 Å². The van der Waals surface area contributed by atoms with Crippen LogP contribution in [0.3, 0.4) is 0 Å². The summed E-state index contributed by atoms with van der Waals surface area (Å²) in [6.07, 6.45) is 0.674. The van der Waals surface area contributed by atoms with Gasteiger partial charge in [0.2, 0.25) is 0 Å². The summed E-state index contributed by atoms with van der Waals surface area (Å²) in [5.41, 5.74) is 0.412. The molecule has 0 aliphatic carbocycles. The zero-order chi connectivity index (χ0) is 22.7. The summed E-state index contributed by atoms with van der Waals surface area (Å²) in [7, 11) is -2.78. The van der Waals surface area contributed by atoms with Crippen LogP contribution in [0.15, 0.2) is 66.7 Å².